The van der Waals surface area contributed by atoms with Gasteiger partial charge in [0, 0.05) is 18.1 Å². The van der Waals surface area contributed by atoms with E-state index in [0.717, 1.165) is 5.82 Å². The van der Waals surface area contributed by atoms with Gasteiger partial charge in [-0.2, -0.15) is 0 Å². The first-order valence-electron chi connectivity index (χ1n) is 6.26. The van der Waals surface area contributed by atoms with Gasteiger partial charge in [0.25, 0.3) is 0 Å². The largest absolute Gasteiger partial charge is 0.495 e. The number of methoxy groups -OCH3 is 1. The van der Waals surface area contributed by atoms with Crippen LogP contribution in [0.2, 0.25) is 0 Å². The third-order valence-electron chi connectivity index (χ3n) is 3.14. The molecule has 1 amide bonds. The number of benzene rings is 1. The zero-order valence-corrected chi connectivity index (χ0v) is 11.8. The Kier molecular flexibility index (Phi) is 3.93. The molecule has 1 unspecified atom stereocenters. The van der Waals surface area contributed by atoms with E-state index in [9.17, 15) is 4.79 Å². The second kappa shape index (κ2) is 5.64. The predicted molar refractivity (Wildman–Crippen MR) is 77.7 cm³/mol. The van der Waals surface area contributed by atoms with Crippen LogP contribution in [0.5, 0.6) is 5.75 Å². The number of nitrogens with zero attached hydrogens (tertiary/aromatic N) is 2. The van der Waals surface area contributed by atoms with E-state index >= 15 is 0 Å². The number of aryl methyl sites for hydroxylation is 1. The number of hydrogen-bond donors (Lipinski definition) is 2. The molecule has 0 spiro atoms. The minimum absolute atomic E-state index is 0.157. The standard InChI is InChI=1S/C14H18N4O2/c1-9(18-7-6-16-10(18)2)14(19)17-12-8-11(15)4-5-13(12)20-3/h4-9H,15H2,1-3H3,(H,17,19). The lowest BCUT2D eigenvalue weighted by molar-refractivity contribution is -0.118. The van der Waals surface area contributed by atoms with Gasteiger partial charge >= 0.3 is 0 Å². The molecule has 20 heavy (non-hydrogen) atoms. The fourth-order valence-corrected chi connectivity index (χ4v) is 1.98. The summed E-state index contributed by atoms with van der Waals surface area (Å²) in [4.78, 5) is 16.4. The average molecular weight is 274 g/mol. The first-order valence-corrected chi connectivity index (χ1v) is 6.26. The molecule has 3 N–H and O–H groups in total. The van der Waals surface area contributed by atoms with Gasteiger partial charge in [0.05, 0.1) is 12.8 Å². The maximum Gasteiger partial charge on any atom is 0.247 e. The number of carbonyl (C=O) groups excluding carboxylic acids is 1. The maximum atomic E-state index is 12.3. The summed E-state index contributed by atoms with van der Waals surface area (Å²) in [6.07, 6.45) is 3.44. The zero-order valence-electron chi connectivity index (χ0n) is 11.8. The number of aromatic nitrogens is 2. The normalized spacial score (nSPS) is 11.9. The molecular weight excluding hydrogens is 256 g/mol. The van der Waals surface area contributed by atoms with Crippen LogP contribution in [-0.4, -0.2) is 22.6 Å². The maximum absolute atomic E-state index is 12.3. The average Bonchev–Trinajstić information content (AvgIpc) is 2.84. The molecule has 0 fully saturated rings. The van der Waals surface area contributed by atoms with Gasteiger partial charge in [-0.15, -0.1) is 0 Å². The molecule has 0 saturated carbocycles. The van der Waals surface area contributed by atoms with Gasteiger partial charge in [0.1, 0.15) is 17.6 Å². The Bertz CT molecular complexity index is 621. The van der Waals surface area contributed by atoms with E-state index < -0.39 is 0 Å². The Hall–Kier alpha value is -2.50. The minimum Gasteiger partial charge on any atom is -0.495 e. The topological polar surface area (TPSA) is 82.2 Å². The summed E-state index contributed by atoms with van der Waals surface area (Å²) in [7, 11) is 1.55. The lowest BCUT2D eigenvalue weighted by atomic mass is 10.2. The van der Waals surface area contributed by atoms with Crippen LogP contribution in [0.15, 0.2) is 30.6 Å². The molecular formula is C14H18N4O2. The van der Waals surface area contributed by atoms with E-state index in [0.29, 0.717) is 17.1 Å². The van der Waals surface area contributed by atoms with Gasteiger partial charge in [-0.25, -0.2) is 4.98 Å². The van der Waals surface area contributed by atoms with Crippen LogP contribution in [0.1, 0.15) is 18.8 Å². The summed E-state index contributed by atoms with van der Waals surface area (Å²) in [5, 5.41) is 2.82. The molecule has 0 aliphatic heterocycles. The molecule has 2 rings (SSSR count). The van der Waals surface area contributed by atoms with Crippen molar-refractivity contribution in [3.8, 4) is 5.75 Å². The summed E-state index contributed by atoms with van der Waals surface area (Å²) < 4.78 is 7.01. The van der Waals surface area contributed by atoms with Crippen LogP contribution in [-0.2, 0) is 4.79 Å². The lowest BCUT2D eigenvalue weighted by Crippen LogP contribution is -2.24. The van der Waals surface area contributed by atoms with Crippen LogP contribution in [0.3, 0.4) is 0 Å². The zero-order chi connectivity index (χ0) is 14.7. The Morgan fingerprint density at radius 1 is 1.50 bits per heavy atom. The summed E-state index contributed by atoms with van der Waals surface area (Å²) >= 11 is 0. The van der Waals surface area contributed by atoms with Gasteiger partial charge in [0.15, 0.2) is 0 Å². The van der Waals surface area contributed by atoms with Gasteiger partial charge in [0.2, 0.25) is 5.91 Å². The Balaban J connectivity index is 2.20. The van der Waals surface area contributed by atoms with E-state index in [1.807, 2.05) is 13.8 Å². The highest BCUT2D eigenvalue weighted by Crippen LogP contribution is 2.27. The third kappa shape index (κ3) is 2.74. The molecule has 0 radical (unpaired) electrons. The van der Waals surface area contributed by atoms with E-state index in [1.54, 1.807) is 42.3 Å². The number of nitrogens with two attached hydrogens (primary N) is 1. The number of nitrogen functional groups attached to an aromatic ring is 1. The highest BCUT2D eigenvalue weighted by atomic mass is 16.5. The molecule has 1 aromatic carbocycles. The van der Waals surface area contributed by atoms with Crippen LogP contribution < -0.4 is 15.8 Å². The quantitative estimate of drug-likeness (QED) is 0.835. The van der Waals surface area contributed by atoms with Crippen LogP contribution in [0.25, 0.3) is 0 Å². The molecule has 1 aromatic heterocycles. The third-order valence-corrected chi connectivity index (χ3v) is 3.14. The molecule has 106 valence electrons. The highest BCUT2D eigenvalue weighted by Gasteiger charge is 2.17. The first-order chi connectivity index (χ1) is 9.52. The highest BCUT2D eigenvalue weighted by molar-refractivity contribution is 5.95. The van der Waals surface area contributed by atoms with Crippen molar-refractivity contribution in [1.29, 1.82) is 0 Å². The second-order valence-corrected chi connectivity index (χ2v) is 4.51. The van der Waals surface area contributed by atoms with Gasteiger partial charge in [-0.1, -0.05) is 0 Å². The number of anilines is 2. The van der Waals surface area contributed by atoms with E-state index in [-0.39, 0.29) is 11.9 Å². The van der Waals surface area contributed by atoms with Gasteiger partial charge < -0.3 is 20.4 Å². The summed E-state index contributed by atoms with van der Waals surface area (Å²) in [5.74, 6) is 1.20. The fraction of sp³-hybridized carbons (Fsp3) is 0.286. The fourth-order valence-electron chi connectivity index (χ4n) is 1.98. The van der Waals surface area contributed by atoms with Crippen molar-refractivity contribution in [2.75, 3.05) is 18.2 Å². The van der Waals surface area contributed by atoms with Gasteiger partial charge in [-0.3, -0.25) is 4.79 Å². The van der Waals surface area contributed by atoms with Crippen molar-refractivity contribution in [3.63, 3.8) is 0 Å². The van der Waals surface area contributed by atoms with Gasteiger partial charge in [-0.05, 0) is 32.0 Å². The second-order valence-electron chi connectivity index (χ2n) is 4.51. The van der Waals surface area contributed by atoms with Crippen LogP contribution >= 0.6 is 0 Å². The molecule has 1 heterocycles. The first kappa shape index (κ1) is 13.9. The van der Waals surface area contributed by atoms with E-state index in [4.69, 9.17) is 10.5 Å². The molecule has 1 atom stereocenters. The monoisotopic (exact) mass is 274 g/mol. The summed E-state index contributed by atoms with van der Waals surface area (Å²) in [6, 6.07) is 4.74. The van der Waals surface area contributed by atoms with Crippen LogP contribution in [0, 0.1) is 6.92 Å². The molecule has 0 bridgehead atoms. The number of nitrogens with one attached hydrogen (secondary N) is 1. The number of rotatable bonds is 4. The predicted octanol–water partition coefficient (Wildman–Crippen LogP) is 1.98. The lowest BCUT2D eigenvalue weighted by Gasteiger charge is -2.16. The number of carbonyl (C=O) groups is 1. The number of ether oxygens (including phenoxy) is 1. The molecule has 6 nitrogen and oxygen atoms in total. The Labute approximate surface area is 117 Å². The molecule has 0 aliphatic carbocycles. The van der Waals surface area contributed by atoms with Crippen molar-refractivity contribution in [2.24, 2.45) is 0 Å². The molecule has 6 heteroatoms. The number of hydrogen-bond acceptors (Lipinski definition) is 4. The van der Waals surface area contributed by atoms with Crippen molar-refractivity contribution in [1.82, 2.24) is 9.55 Å². The Morgan fingerprint density at radius 2 is 2.25 bits per heavy atom. The molecule has 0 saturated heterocycles. The minimum atomic E-state index is -0.372. The SMILES string of the molecule is COc1ccc(N)cc1NC(=O)C(C)n1ccnc1C. The summed E-state index contributed by atoms with van der Waals surface area (Å²) in [6.45, 7) is 3.66. The van der Waals surface area contributed by atoms with Crippen molar-refractivity contribution < 1.29 is 9.53 Å². The van der Waals surface area contributed by atoms with E-state index in [1.165, 1.54) is 0 Å². The van der Waals surface area contributed by atoms with Crippen molar-refractivity contribution >= 4 is 17.3 Å². The smallest absolute Gasteiger partial charge is 0.247 e. The van der Waals surface area contributed by atoms with E-state index in [2.05, 4.69) is 10.3 Å². The van der Waals surface area contributed by atoms with Crippen molar-refractivity contribution in [2.45, 2.75) is 19.9 Å². The number of imidazole rings is 1. The number of amides is 1. The molecule has 0 aliphatic rings. The van der Waals surface area contributed by atoms with Crippen LogP contribution in [0.4, 0.5) is 11.4 Å². The van der Waals surface area contributed by atoms with Crippen molar-refractivity contribution in [3.05, 3.63) is 36.4 Å². The summed E-state index contributed by atoms with van der Waals surface area (Å²) in [5.41, 5.74) is 6.85. The molecule has 2 aromatic rings. The Morgan fingerprint density at radius 3 is 2.85 bits per heavy atom.